The SMILES string of the molecule is CC(NC(=O)CN1CCC(Cn2cnc3ccccc32)CC1)C1CC2CCC1C2. The standard InChI is InChI=1S/C24H34N4O/c1-17(21-13-19-6-7-20(21)12-19)26-24(29)15-27-10-8-18(9-11-27)14-28-16-25-22-4-2-3-5-23(22)28/h2-5,16-21H,6-15H2,1H3,(H,26,29). The molecule has 0 radical (unpaired) electrons. The summed E-state index contributed by atoms with van der Waals surface area (Å²) < 4.78 is 2.29. The summed E-state index contributed by atoms with van der Waals surface area (Å²) in [6.07, 6.45) is 9.83. The van der Waals surface area contributed by atoms with Crippen molar-refractivity contribution in [3.8, 4) is 0 Å². The normalized spacial score (nSPS) is 28.8. The fraction of sp³-hybridized carbons (Fsp3) is 0.667. The van der Waals surface area contributed by atoms with Gasteiger partial charge in [0.15, 0.2) is 0 Å². The largest absolute Gasteiger partial charge is 0.352 e. The van der Waals surface area contributed by atoms with E-state index in [1.807, 2.05) is 12.4 Å². The van der Waals surface area contributed by atoms with E-state index in [2.05, 4.69) is 44.9 Å². The second-order valence-corrected chi connectivity index (χ2v) is 9.80. The predicted octanol–water partition coefficient (Wildman–Crippen LogP) is 3.69. The van der Waals surface area contributed by atoms with E-state index in [0.29, 0.717) is 24.4 Å². The fourth-order valence-corrected chi connectivity index (χ4v) is 6.28. The van der Waals surface area contributed by atoms with Gasteiger partial charge in [0.05, 0.1) is 23.9 Å². The molecule has 156 valence electrons. The predicted molar refractivity (Wildman–Crippen MR) is 115 cm³/mol. The zero-order valence-corrected chi connectivity index (χ0v) is 17.6. The number of nitrogens with zero attached hydrogens (tertiary/aromatic N) is 3. The number of piperidine rings is 1. The van der Waals surface area contributed by atoms with E-state index < -0.39 is 0 Å². The third-order valence-electron chi connectivity index (χ3n) is 7.88. The summed E-state index contributed by atoms with van der Waals surface area (Å²) >= 11 is 0. The minimum absolute atomic E-state index is 0.222. The summed E-state index contributed by atoms with van der Waals surface area (Å²) in [5.41, 5.74) is 2.30. The van der Waals surface area contributed by atoms with Crippen LogP contribution in [0.5, 0.6) is 0 Å². The number of hydrogen-bond donors (Lipinski definition) is 1. The lowest BCUT2D eigenvalue weighted by Gasteiger charge is -2.33. The molecule has 2 bridgehead atoms. The van der Waals surface area contributed by atoms with Crippen LogP contribution in [0, 0.1) is 23.7 Å². The Bertz CT molecular complexity index is 853. The van der Waals surface area contributed by atoms with E-state index in [1.165, 1.54) is 31.2 Å². The molecule has 2 aliphatic carbocycles. The molecule has 1 aliphatic heterocycles. The van der Waals surface area contributed by atoms with Crippen molar-refractivity contribution in [2.75, 3.05) is 19.6 Å². The van der Waals surface area contributed by atoms with Gasteiger partial charge in [0.25, 0.3) is 0 Å². The first kappa shape index (κ1) is 19.1. The summed E-state index contributed by atoms with van der Waals surface area (Å²) in [6, 6.07) is 8.69. The van der Waals surface area contributed by atoms with Crippen molar-refractivity contribution in [2.24, 2.45) is 23.7 Å². The number of hydrogen-bond acceptors (Lipinski definition) is 3. The van der Waals surface area contributed by atoms with Gasteiger partial charge in [-0.05, 0) is 87.9 Å². The average Bonchev–Trinajstić information content (AvgIpc) is 3.46. The molecule has 1 amide bonds. The van der Waals surface area contributed by atoms with Crippen molar-refractivity contribution in [1.29, 1.82) is 0 Å². The first-order chi connectivity index (χ1) is 14.2. The van der Waals surface area contributed by atoms with Crippen molar-refractivity contribution in [3.63, 3.8) is 0 Å². The van der Waals surface area contributed by atoms with Crippen molar-refractivity contribution in [2.45, 2.75) is 58.0 Å². The first-order valence-electron chi connectivity index (χ1n) is 11.6. The molecular weight excluding hydrogens is 360 g/mol. The van der Waals surface area contributed by atoms with Crippen molar-refractivity contribution < 1.29 is 4.79 Å². The van der Waals surface area contributed by atoms with Crippen LogP contribution in [0.3, 0.4) is 0 Å². The number of rotatable bonds is 6. The maximum atomic E-state index is 12.6. The Balaban J connectivity index is 1.07. The number of nitrogens with one attached hydrogen (secondary N) is 1. The molecule has 2 aromatic rings. The van der Waals surface area contributed by atoms with Gasteiger partial charge in [-0.15, -0.1) is 0 Å². The molecule has 3 aliphatic rings. The molecule has 1 saturated heterocycles. The highest BCUT2D eigenvalue weighted by molar-refractivity contribution is 5.78. The van der Waals surface area contributed by atoms with Crippen LogP contribution >= 0.6 is 0 Å². The van der Waals surface area contributed by atoms with Crippen molar-refractivity contribution >= 4 is 16.9 Å². The van der Waals surface area contributed by atoms with Gasteiger partial charge in [-0.25, -0.2) is 4.98 Å². The van der Waals surface area contributed by atoms with E-state index in [4.69, 9.17) is 0 Å². The van der Waals surface area contributed by atoms with Crippen LogP contribution in [0.4, 0.5) is 0 Å². The second-order valence-electron chi connectivity index (χ2n) is 9.80. The Morgan fingerprint density at radius 2 is 2.00 bits per heavy atom. The zero-order chi connectivity index (χ0) is 19.8. The lowest BCUT2D eigenvalue weighted by Crippen LogP contribution is -2.46. The number of carbonyl (C=O) groups excluding carboxylic acids is 1. The Morgan fingerprint density at radius 3 is 2.76 bits per heavy atom. The Morgan fingerprint density at radius 1 is 1.17 bits per heavy atom. The molecule has 2 heterocycles. The highest BCUT2D eigenvalue weighted by atomic mass is 16.2. The van der Waals surface area contributed by atoms with Gasteiger partial charge in [-0.3, -0.25) is 9.69 Å². The highest BCUT2D eigenvalue weighted by Gasteiger charge is 2.42. The molecule has 5 heteroatoms. The molecule has 0 spiro atoms. The zero-order valence-electron chi connectivity index (χ0n) is 17.6. The van der Waals surface area contributed by atoms with E-state index >= 15 is 0 Å². The number of para-hydroxylation sites is 2. The maximum Gasteiger partial charge on any atom is 0.234 e. The molecule has 5 nitrogen and oxygen atoms in total. The quantitative estimate of drug-likeness (QED) is 0.813. The summed E-state index contributed by atoms with van der Waals surface area (Å²) in [5.74, 6) is 3.41. The van der Waals surface area contributed by atoms with Gasteiger partial charge in [0.2, 0.25) is 5.91 Å². The van der Waals surface area contributed by atoms with Gasteiger partial charge in [-0.2, -0.15) is 0 Å². The molecule has 4 unspecified atom stereocenters. The van der Waals surface area contributed by atoms with Gasteiger partial charge in [-0.1, -0.05) is 18.6 Å². The lowest BCUT2D eigenvalue weighted by atomic mass is 9.84. The summed E-state index contributed by atoms with van der Waals surface area (Å²) in [6.45, 7) is 5.86. The average molecular weight is 395 g/mol. The number of aromatic nitrogens is 2. The van der Waals surface area contributed by atoms with Crippen LogP contribution < -0.4 is 5.32 Å². The van der Waals surface area contributed by atoms with Crippen LogP contribution in [0.15, 0.2) is 30.6 Å². The third kappa shape index (κ3) is 4.07. The molecule has 3 fully saturated rings. The maximum absolute atomic E-state index is 12.6. The highest BCUT2D eigenvalue weighted by Crippen LogP contribution is 2.49. The van der Waals surface area contributed by atoms with Crippen LogP contribution in [0.25, 0.3) is 11.0 Å². The summed E-state index contributed by atoms with van der Waals surface area (Å²) in [7, 11) is 0. The minimum Gasteiger partial charge on any atom is -0.352 e. The van der Waals surface area contributed by atoms with Gasteiger partial charge >= 0.3 is 0 Å². The molecule has 5 rings (SSSR count). The number of amides is 1. The van der Waals surface area contributed by atoms with Crippen LogP contribution in [0.2, 0.25) is 0 Å². The topological polar surface area (TPSA) is 50.2 Å². The molecule has 1 aromatic heterocycles. The minimum atomic E-state index is 0.222. The van der Waals surface area contributed by atoms with Gasteiger partial charge in [0.1, 0.15) is 0 Å². The number of benzene rings is 1. The molecule has 2 saturated carbocycles. The summed E-state index contributed by atoms with van der Waals surface area (Å²) in [4.78, 5) is 19.5. The second kappa shape index (κ2) is 8.10. The molecule has 29 heavy (non-hydrogen) atoms. The van der Waals surface area contributed by atoms with E-state index in [1.54, 1.807) is 0 Å². The number of carbonyl (C=O) groups is 1. The van der Waals surface area contributed by atoms with Gasteiger partial charge < -0.3 is 9.88 Å². The first-order valence-corrected chi connectivity index (χ1v) is 11.6. The lowest BCUT2D eigenvalue weighted by molar-refractivity contribution is -0.123. The molecule has 1 N–H and O–H groups in total. The molecule has 4 atom stereocenters. The summed E-state index contributed by atoms with van der Waals surface area (Å²) in [5, 5.41) is 3.33. The smallest absolute Gasteiger partial charge is 0.234 e. The molecular formula is C24H34N4O. The van der Waals surface area contributed by atoms with Crippen molar-refractivity contribution in [3.05, 3.63) is 30.6 Å². The number of likely N-dealkylation sites (tertiary alicyclic amines) is 1. The molecule has 1 aromatic carbocycles. The Kier molecular flexibility index (Phi) is 5.33. The van der Waals surface area contributed by atoms with Gasteiger partial charge in [0, 0.05) is 12.6 Å². The monoisotopic (exact) mass is 394 g/mol. The van der Waals surface area contributed by atoms with Crippen LogP contribution in [-0.4, -0.2) is 46.0 Å². The van der Waals surface area contributed by atoms with E-state index in [9.17, 15) is 4.79 Å². The Hall–Kier alpha value is -1.88. The van der Waals surface area contributed by atoms with Crippen LogP contribution in [0.1, 0.15) is 45.4 Å². The van der Waals surface area contributed by atoms with E-state index in [-0.39, 0.29) is 5.91 Å². The number of fused-ring (bicyclic) bond motifs is 3. The Labute approximate surface area is 173 Å². The van der Waals surface area contributed by atoms with Crippen LogP contribution in [-0.2, 0) is 11.3 Å². The third-order valence-corrected chi connectivity index (χ3v) is 7.88. The van der Waals surface area contributed by atoms with E-state index in [0.717, 1.165) is 49.8 Å². The fourth-order valence-electron chi connectivity index (χ4n) is 6.28. The number of imidazole rings is 1. The van der Waals surface area contributed by atoms with Crippen molar-refractivity contribution in [1.82, 2.24) is 19.8 Å².